The summed E-state index contributed by atoms with van der Waals surface area (Å²) in [7, 11) is 1.78. The first-order valence-electron chi connectivity index (χ1n) is 9.62. The van der Waals surface area contributed by atoms with Crippen LogP contribution in [0.2, 0.25) is 0 Å². The first-order valence-corrected chi connectivity index (χ1v) is 9.62. The Bertz CT molecular complexity index is 862. The van der Waals surface area contributed by atoms with Gasteiger partial charge in [0, 0.05) is 42.6 Å². The van der Waals surface area contributed by atoms with E-state index in [2.05, 4.69) is 17.1 Å². The maximum absolute atomic E-state index is 10.1. The summed E-state index contributed by atoms with van der Waals surface area (Å²) in [5, 5.41) is 10.1. The molecule has 4 rings (SSSR count). The van der Waals surface area contributed by atoms with Crippen LogP contribution in [0.25, 0.3) is 11.1 Å². The van der Waals surface area contributed by atoms with Gasteiger partial charge in [0.05, 0.1) is 17.4 Å². The van der Waals surface area contributed by atoms with E-state index in [4.69, 9.17) is 9.72 Å². The minimum Gasteiger partial charge on any atom is -0.381 e. The Morgan fingerprint density at radius 3 is 2.73 bits per heavy atom. The molecule has 1 fully saturated rings. The summed E-state index contributed by atoms with van der Waals surface area (Å²) in [5.41, 5.74) is 7.31. The van der Waals surface area contributed by atoms with Crippen LogP contribution in [0, 0.1) is 18.3 Å². The Balaban J connectivity index is 1.96. The molecule has 0 spiro atoms. The number of rotatable bonds is 3. The molecular formula is C22H25N3O. The average molecular weight is 347 g/mol. The van der Waals surface area contributed by atoms with Gasteiger partial charge in [0.1, 0.15) is 6.07 Å². The number of nitrogens with zero attached hydrogens (tertiary/aromatic N) is 3. The molecule has 0 amide bonds. The van der Waals surface area contributed by atoms with Crippen molar-refractivity contribution in [3.8, 4) is 17.2 Å². The van der Waals surface area contributed by atoms with E-state index in [0.717, 1.165) is 60.2 Å². The van der Waals surface area contributed by atoms with Gasteiger partial charge in [-0.1, -0.05) is 12.8 Å². The van der Waals surface area contributed by atoms with Crippen LogP contribution < -0.4 is 0 Å². The maximum Gasteiger partial charge on any atom is 0.102 e. The number of aromatic nitrogens is 2. The van der Waals surface area contributed by atoms with Gasteiger partial charge in [-0.25, -0.2) is 0 Å². The molecule has 4 nitrogen and oxygen atoms in total. The minimum atomic E-state index is 0.204. The van der Waals surface area contributed by atoms with E-state index in [1.54, 1.807) is 7.11 Å². The second-order valence-corrected chi connectivity index (χ2v) is 7.55. The van der Waals surface area contributed by atoms with Gasteiger partial charge in [-0.3, -0.25) is 9.97 Å². The molecule has 0 bridgehead atoms. The summed E-state index contributed by atoms with van der Waals surface area (Å²) in [4.78, 5) is 9.39. The molecule has 2 aliphatic rings. The third-order valence-electron chi connectivity index (χ3n) is 5.92. The summed E-state index contributed by atoms with van der Waals surface area (Å²) in [5.74, 6) is 0.428. The van der Waals surface area contributed by atoms with E-state index in [0.29, 0.717) is 5.92 Å². The van der Waals surface area contributed by atoms with Crippen molar-refractivity contribution in [1.82, 2.24) is 9.97 Å². The third-order valence-corrected chi connectivity index (χ3v) is 5.92. The highest BCUT2D eigenvalue weighted by molar-refractivity contribution is 5.76. The average Bonchev–Trinajstić information content (AvgIpc) is 3.20. The summed E-state index contributed by atoms with van der Waals surface area (Å²) in [6, 6.07) is 6.63. The van der Waals surface area contributed by atoms with E-state index in [1.807, 2.05) is 19.2 Å². The fourth-order valence-electron chi connectivity index (χ4n) is 4.57. The smallest absolute Gasteiger partial charge is 0.102 e. The van der Waals surface area contributed by atoms with Crippen LogP contribution in [0.5, 0.6) is 0 Å². The fraction of sp³-hybridized carbons (Fsp3) is 0.500. The lowest BCUT2D eigenvalue weighted by atomic mass is 9.83. The topological polar surface area (TPSA) is 58.8 Å². The van der Waals surface area contributed by atoms with Crippen molar-refractivity contribution in [2.75, 3.05) is 7.11 Å². The van der Waals surface area contributed by atoms with Crippen molar-refractivity contribution in [2.24, 2.45) is 0 Å². The normalized spacial score (nSPS) is 20.0. The zero-order valence-corrected chi connectivity index (χ0v) is 15.6. The minimum absolute atomic E-state index is 0.204. The Hall–Kier alpha value is -2.25. The van der Waals surface area contributed by atoms with Gasteiger partial charge in [0.25, 0.3) is 0 Å². The van der Waals surface area contributed by atoms with Crippen LogP contribution in [0.4, 0.5) is 0 Å². The highest BCUT2D eigenvalue weighted by Crippen LogP contribution is 2.41. The molecule has 2 aliphatic carbocycles. The Morgan fingerprint density at radius 2 is 2.04 bits per heavy atom. The van der Waals surface area contributed by atoms with Crippen LogP contribution in [-0.4, -0.2) is 23.2 Å². The van der Waals surface area contributed by atoms with Crippen LogP contribution in [0.3, 0.4) is 0 Å². The van der Waals surface area contributed by atoms with Gasteiger partial charge >= 0.3 is 0 Å². The molecule has 2 aromatic heterocycles. The number of pyridine rings is 2. The second kappa shape index (κ2) is 7.17. The lowest BCUT2D eigenvalue weighted by Gasteiger charge is -2.28. The molecule has 2 heterocycles. The molecule has 26 heavy (non-hydrogen) atoms. The molecule has 2 aromatic rings. The van der Waals surface area contributed by atoms with Gasteiger partial charge in [0.2, 0.25) is 0 Å². The monoisotopic (exact) mass is 347 g/mol. The summed E-state index contributed by atoms with van der Waals surface area (Å²) in [6.07, 6.45) is 9.58. The Morgan fingerprint density at radius 1 is 1.23 bits per heavy atom. The van der Waals surface area contributed by atoms with Crippen molar-refractivity contribution < 1.29 is 4.74 Å². The summed E-state index contributed by atoms with van der Waals surface area (Å²) < 4.78 is 5.64. The number of nitriles is 1. The largest absolute Gasteiger partial charge is 0.381 e. The standard InChI is InChI=1S/C22H25N3O/c1-14-11-16(9-10-24-14)21-18-12-17(26-2)7-8-20(18)25-22(19(21)13-23)15-5-3-4-6-15/h9-11,15,17H,3-8,12H2,1-2H3. The van der Waals surface area contributed by atoms with Crippen LogP contribution in [0.1, 0.15) is 66.2 Å². The molecule has 4 heteroatoms. The molecule has 0 saturated heterocycles. The molecule has 0 aliphatic heterocycles. The SMILES string of the molecule is COC1CCc2nc(C3CCCC3)c(C#N)c(-c3ccnc(C)c3)c2C1. The number of hydrogen-bond donors (Lipinski definition) is 0. The Kier molecular flexibility index (Phi) is 4.74. The highest BCUT2D eigenvalue weighted by Gasteiger charge is 2.30. The summed E-state index contributed by atoms with van der Waals surface area (Å²) in [6.45, 7) is 2.00. The van der Waals surface area contributed by atoms with E-state index in [-0.39, 0.29) is 6.10 Å². The number of hydrogen-bond acceptors (Lipinski definition) is 4. The molecule has 0 radical (unpaired) electrons. The summed E-state index contributed by atoms with van der Waals surface area (Å²) >= 11 is 0. The maximum atomic E-state index is 10.1. The number of fused-ring (bicyclic) bond motifs is 1. The number of aryl methyl sites for hydroxylation is 2. The van der Waals surface area contributed by atoms with Crippen molar-refractivity contribution in [3.05, 3.63) is 46.5 Å². The van der Waals surface area contributed by atoms with E-state index in [9.17, 15) is 5.26 Å². The van der Waals surface area contributed by atoms with Crippen molar-refractivity contribution in [1.29, 1.82) is 5.26 Å². The number of ether oxygens (including phenoxy) is 1. The lowest BCUT2D eigenvalue weighted by molar-refractivity contribution is 0.0906. The van der Waals surface area contributed by atoms with Gasteiger partial charge in [0.15, 0.2) is 0 Å². The van der Waals surface area contributed by atoms with E-state index in [1.165, 1.54) is 24.1 Å². The van der Waals surface area contributed by atoms with Gasteiger partial charge < -0.3 is 4.74 Å². The molecule has 0 aromatic carbocycles. The molecule has 0 N–H and O–H groups in total. The molecule has 1 saturated carbocycles. The first kappa shape index (κ1) is 17.2. The molecule has 1 unspecified atom stereocenters. The quantitative estimate of drug-likeness (QED) is 0.821. The fourth-order valence-corrected chi connectivity index (χ4v) is 4.57. The number of methoxy groups -OCH3 is 1. The second-order valence-electron chi connectivity index (χ2n) is 7.55. The van der Waals surface area contributed by atoms with Crippen molar-refractivity contribution >= 4 is 0 Å². The van der Waals surface area contributed by atoms with Gasteiger partial charge in [-0.2, -0.15) is 5.26 Å². The van der Waals surface area contributed by atoms with E-state index >= 15 is 0 Å². The molecule has 1 atom stereocenters. The van der Waals surface area contributed by atoms with Crippen LogP contribution in [0.15, 0.2) is 18.3 Å². The van der Waals surface area contributed by atoms with Gasteiger partial charge in [-0.05, 0) is 55.9 Å². The molecule has 134 valence electrons. The van der Waals surface area contributed by atoms with Crippen molar-refractivity contribution in [2.45, 2.75) is 63.9 Å². The van der Waals surface area contributed by atoms with E-state index < -0.39 is 0 Å². The zero-order chi connectivity index (χ0) is 18.1. The third kappa shape index (κ3) is 3.01. The molecular weight excluding hydrogens is 322 g/mol. The first-order chi connectivity index (χ1) is 12.7. The Labute approximate surface area is 155 Å². The highest BCUT2D eigenvalue weighted by atomic mass is 16.5. The predicted molar refractivity (Wildman–Crippen MR) is 101 cm³/mol. The predicted octanol–water partition coefficient (Wildman–Crippen LogP) is 4.49. The zero-order valence-electron chi connectivity index (χ0n) is 15.6. The van der Waals surface area contributed by atoms with Crippen LogP contribution >= 0.6 is 0 Å². The lowest BCUT2D eigenvalue weighted by Crippen LogP contribution is -2.24. The van der Waals surface area contributed by atoms with Gasteiger partial charge in [-0.15, -0.1) is 0 Å². The van der Waals surface area contributed by atoms with Crippen molar-refractivity contribution in [3.63, 3.8) is 0 Å². The van der Waals surface area contributed by atoms with Crippen LogP contribution in [-0.2, 0) is 17.6 Å².